The van der Waals surface area contributed by atoms with Gasteiger partial charge in [0.15, 0.2) is 0 Å². The Kier molecular flexibility index (Phi) is 5.20. The van der Waals surface area contributed by atoms with Gasteiger partial charge in [0.05, 0.1) is 13.2 Å². The van der Waals surface area contributed by atoms with Gasteiger partial charge in [-0.3, -0.25) is 0 Å². The Bertz CT molecular complexity index is 550. The zero-order valence-electron chi connectivity index (χ0n) is 14.7. The summed E-state index contributed by atoms with van der Waals surface area (Å²) in [5.74, 6) is 0.436. The standard InChI is InChI=1S/C17H26F3N3O2/c1-12-11-25-8-7-22(12)13-9-15(21(2)16(24)10-13)23-6-4-3-5-14(23)17(18,19)20/h9-10,12,14,16,24H,3-8,11H2,1-2H3/t12-,14-,16?/m1/s1. The van der Waals surface area contributed by atoms with Crippen LogP contribution < -0.4 is 0 Å². The van der Waals surface area contributed by atoms with Crippen LogP contribution in [0.5, 0.6) is 0 Å². The number of halogens is 3. The summed E-state index contributed by atoms with van der Waals surface area (Å²) in [6.07, 6.45) is -0.361. The molecular formula is C17H26F3N3O2. The minimum Gasteiger partial charge on any atom is -0.377 e. The Morgan fingerprint density at radius 1 is 1.20 bits per heavy atom. The summed E-state index contributed by atoms with van der Waals surface area (Å²) in [5.41, 5.74) is 0.767. The van der Waals surface area contributed by atoms with E-state index in [4.69, 9.17) is 4.74 Å². The zero-order valence-corrected chi connectivity index (χ0v) is 14.7. The summed E-state index contributed by atoms with van der Waals surface area (Å²) in [7, 11) is 1.63. The van der Waals surface area contributed by atoms with Crippen molar-refractivity contribution in [3.63, 3.8) is 0 Å². The number of aliphatic hydroxyl groups is 1. The smallest absolute Gasteiger partial charge is 0.377 e. The lowest BCUT2D eigenvalue weighted by Crippen LogP contribution is -2.53. The SMILES string of the molecule is C[C@@H]1COCCN1C1=CC(O)N(C)C(N2CCCC[C@@H]2C(F)(F)F)=C1. The highest BCUT2D eigenvalue weighted by atomic mass is 19.4. The molecule has 3 aliphatic rings. The normalized spacial score (nSPS) is 31.8. The monoisotopic (exact) mass is 361 g/mol. The molecule has 2 fully saturated rings. The lowest BCUT2D eigenvalue weighted by atomic mass is 10.0. The van der Waals surface area contributed by atoms with Crippen LogP contribution in [-0.2, 0) is 4.74 Å². The minimum absolute atomic E-state index is 0.0950. The lowest BCUT2D eigenvalue weighted by molar-refractivity contribution is -0.190. The van der Waals surface area contributed by atoms with Gasteiger partial charge in [-0.05, 0) is 32.3 Å². The predicted molar refractivity (Wildman–Crippen MR) is 87.3 cm³/mol. The van der Waals surface area contributed by atoms with Gasteiger partial charge in [0.1, 0.15) is 18.1 Å². The largest absolute Gasteiger partial charge is 0.408 e. The second-order valence-electron chi connectivity index (χ2n) is 6.98. The molecule has 0 amide bonds. The van der Waals surface area contributed by atoms with Crippen LogP contribution in [0.3, 0.4) is 0 Å². The third-order valence-corrected chi connectivity index (χ3v) is 5.23. The van der Waals surface area contributed by atoms with Crippen molar-refractivity contribution < 1.29 is 23.0 Å². The molecular weight excluding hydrogens is 335 g/mol. The molecule has 3 aliphatic heterocycles. The molecule has 0 aromatic rings. The van der Waals surface area contributed by atoms with Crippen molar-refractivity contribution in [3.05, 3.63) is 23.7 Å². The molecule has 3 heterocycles. The number of rotatable bonds is 2. The van der Waals surface area contributed by atoms with Gasteiger partial charge >= 0.3 is 6.18 Å². The summed E-state index contributed by atoms with van der Waals surface area (Å²) in [4.78, 5) is 5.01. The maximum absolute atomic E-state index is 13.5. The van der Waals surface area contributed by atoms with Gasteiger partial charge in [-0.2, -0.15) is 13.2 Å². The number of hydrogen-bond acceptors (Lipinski definition) is 5. The molecule has 3 atom stereocenters. The predicted octanol–water partition coefficient (Wildman–Crippen LogP) is 2.11. The maximum atomic E-state index is 13.5. The zero-order chi connectivity index (χ0) is 18.2. The van der Waals surface area contributed by atoms with Crippen LogP contribution in [0.4, 0.5) is 13.2 Å². The minimum atomic E-state index is -4.28. The number of allylic oxidation sites excluding steroid dienone is 1. The van der Waals surface area contributed by atoms with Gasteiger partial charge in [-0.25, -0.2) is 0 Å². The molecule has 8 heteroatoms. The lowest BCUT2D eigenvalue weighted by Gasteiger charge is -2.46. The Labute approximate surface area is 146 Å². The summed E-state index contributed by atoms with van der Waals surface area (Å²) in [6.45, 7) is 4.17. The number of nitrogens with zero attached hydrogens (tertiary/aromatic N) is 3. The molecule has 0 aliphatic carbocycles. The summed E-state index contributed by atoms with van der Waals surface area (Å²) >= 11 is 0. The molecule has 5 nitrogen and oxygen atoms in total. The summed E-state index contributed by atoms with van der Waals surface area (Å²) in [6, 6.07) is -1.38. The molecule has 142 valence electrons. The molecule has 2 saturated heterocycles. The second kappa shape index (κ2) is 7.07. The van der Waals surface area contributed by atoms with E-state index in [0.717, 1.165) is 12.1 Å². The van der Waals surface area contributed by atoms with Crippen molar-refractivity contribution in [1.82, 2.24) is 14.7 Å². The van der Waals surface area contributed by atoms with Crippen molar-refractivity contribution in [2.45, 2.75) is 50.7 Å². The number of ether oxygens (including phenoxy) is 1. The van der Waals surface area contributed by atoms with E-state index in [0.29, 0.717) is 38.5 Å². The second-order valence-corrected chi connectivity index (χ2v) is 6.98. The topological polar surface area (TPSA) is 39.2 Å². The highest BCUT2D eigenvalue weighted by Crippen LogP contribution is 2.36. The number of likely N-dealkylation sites (tertiary alicyclic amines) is 1. The van der Waals surface area contributed by atoms with E-state index < -0.39 is 18.4 Å². The fraction of sp³-hybridized carbons (Fsp3) is 0.765. The first-order valence-electron chi connectivity index (χ1n) is 8.81. The number of alkyl halides is 3. The first-order valence-corrected chi connectivity index (χ1v) is 8.81. The molecule has 25 heavy (non-hydrogen) atoms. The summed E-state index contributed by atoms with van der Waals surface area (Å²) in [5, 5.41) is 10.4. The van der Waals surface area contributed by atoms with Gasteiger partial charge in [0.2, 0.25) is 0 Å². The molecule has 0 bridgehead atoms. The van der Waals surface area contributed by atoms with E-state index in [1.165, 1.54) is 9.80 Å². The average Bonchev–Trinajstić information content (AvgIpc) is 2.57. The van der Waals surface area contributed by atoms with Gasteiger partial charge in [-0.15, -0.1) is 0 Å². The Hall–Kier alpha value is -1.41. The van der Waals surface area contributed by atoms with E-state index in [-0.39, 0.29) is 12.5 Å². The highest BCUT2D eigenvalue weighted by Gasteiger charge is 2.46. The van der Waals surface area contributed by atoms with Gasteiger partial charge in [0.25, 0.3) is 0 Å². The van der Waals surface area contributed by atoms with Crippen molar-refractivity contribution in [3.8, 4) is 0 Å². The molecule has 0 saturated carbocycles. The number of hydrogen-bond donors (Lipinski definition) is 1. The van der Waals surface area contributed by atoms with Crippen molar-refractivity contribution in [2.75, 3.05) is 33.4 Å². The molecule has 1 unspecified atom stereocenters. The highest BCUT2D eigenvalue weighted by molar-refractivity contribution is 5.29. The van der Waals surface area contributed by atoms with E-state index in [9.17, 15) is 18.3 Å². The third kappa shape index (κ3) is 3.74. The van der Waals surface area contributed by atoms with Crippen LogP contribution in [0.1, 0.15) is 26.2 Å². The first-order chi connectivity index (χ1) is 11.8. The molecule has 0 radical (unpaired) electrons. The number of likely N-dealkylation sites (N-methyl/N-ethyl adjacent to an activating group) is 1. The van der Waals surface area contributed by atoms with Crippen molar-refractivity contribution in [2.24, 2.45) is 0 Å². The number of aliphatic hydroxyl groups excluding tert-OH is 1. The van der Waals surface area contributed by atoms with Crippen LogP contribution in [0.15, 0.2) is 23.7 Å². The third-order valence-electron chi connectivity index (χ3n) is 5.23. The molecule has 0 aromatic heterocycles. The molecule has 0 aromatic carbocycles. The molecule has 0 spiro atoms. The van der Waals surface area contributed by atoms with Crippen LogP contribution in [-0.4, -0.2) is 77.6 Å². The first kappa shape index (κ1) is 18.4. The van der Waals surface area contributed by atoms with Crippen LogP contribution in [0, 0.1) is 0 Å². The van der Waals surface area contributed by atoms with Crippen LogP contribution >= 0.6 is 0 Å². The summed E-state index contributed by atoms with van der Waals surface area (Å²) < 4.78 is 45.9. The van der Waals surface area contributed by atoms with Crippen LogP contribution in [0.25, 0.3) is 0 Å². The maximum Gasteiger partial charge on any atom is 0.408 e. The van der Waals surface area contributed by atoms with Crippen molar-refractivity contribution >= 4 is 0 Å². The number of morpholine rings is 1. The van der Waals surface area contributed by atoms with Crippen LogP contribution in [0.2, 0.25) is 0 Å². The van der Waals surface area contributed by atoms with E-state index in [1.807, 2.05) is 6.92 Å². The van der Waals surface area contributed by atoms with Crippen molar-refractivity contribution in [1.29, 1.82) is 0 Å². The van der Waals surface area contributed by atoms with Gasteiger partial charge < -0.3 is 24.5 Å². The Morgan fingerprint density at radius 3 is 2.64 bits per heavy atom. The fourth-order valence-electron chi connectivity index (χ4n) is 3.80. The van der Waals surface area contributed by atoms with E-state index in [2.05, 4.69) is 4.90 Å². The van der Waals surface area contributed by atoms with Gasteiger partial charge in [-0.1, -0.05) is 0 Å². The van der Waals surface area contributed by atoms with E-state index in [1.54, 1.807) is 19.2 Å². The fourth-order valence-corrected chi connectivity index (χ4v) is 3.80. The molecule has 3 rings (SSSR count). The van der Waals surface area contributed by atoms with E-state index >= 15 is 0 Å². The Balaban J connectivity index is 1.91. The van der Waals surface area contributed by atoms with Gasteiger partial charge in [0, 0.05) is 38.0 Å². The quantitative estimate of drug-likeness (QED) is 0.816. The Morgan fingerprint density at radius 2 is 1.96 bits per heavy atom. The number of piperidine rings is 1. The average molecular weight is 361 g/mol. The molecule has 1 N–H and O–H groups in total.